The van der Waals surface area contributed by atoms with Crippen LogP contribution in [-0.2, 0) is 0 Å². The molecule has 4 nitrogen and oxygen atoms in total. The van der Waals surface area contributed by atoms with Crippen LogP contribution in [-0.4, -0.2) is 22.1 Å². The molecule has 0 aliphatic heterocycles. The average molecular weight is 236 g/mol. The fourth-order valence-electron chi connectivity index (χ4n) is 1.93. The Hall–Kier alpha value is -1.32. The fourth-order valence-corrected chi connectivity index (χ4v) is 1.93. The van der Waals surface area contributed by atoms with Gasteiger partial charge in [-0.2, -0.15) is 0 Å². The summed E-state index contributed by atoms with van der Waals surface area (Å²) in [5, 5.41) is 6.74. The van der Waals surface area contributed by atoms with Gasteiger partial charge in [0.05, 0.1) is 0 Å². The van der Waals surface area contributed by atoms with Crippen molar-refractivity contribution in [1.82, 2.24) is 9.97 Å². The molecule has 0 spiro atoms. The van der Waals surface area contributed by atoms with Crippen molar-refractivity contribution in [2.45, 2.75) is 53.0 Å². The average Bonchev–Trinajstić information content (AvgIpc) is 2.24. The van der Waals surface area contributed by atoms with Crippen molar-refractivity contribution >= 4 is 11.6 Å². The number of nitrogens with zero attached hydrogens (tertiary/aromatic N) is 2. The molecule has 17 heavy (non-hydrogen) atoms. The first-order chi connectivity index (χ1) is 8.00. The Morgan fingerprint density at radius 3 is 2.41 bits per heavy atom. The van der Waals surface area contributed by atoms with Gasteiger partial charge in [0.2, 0.25) is 0 Å². The maximum Gasteiger partial charge on any atom is 0.134 e. The molecule has 0 radical (unpaired) electrons. The highest BCUT2D eigenvalue weighted by Gasteiger charge is 2.18. The van der Waals surface area contributed by atoms with E-state index in [0.29, 0.717) is 0 Å². The summed E-state index contributed by atoms with van der Waals surface area (Å²) in [6, 6.07) is 0. The van der Waals surface area contributed by atoms with Gasteiger partial charge in [-0.15, -0.1) is 0 Å². The highest BCUT2D eigenvalue weighted by Crippen LogP contribution is 2.23. The molecule has 1 rings (SSSR count). The van der Waals surface area contributed by atoms with Crippen LogP contribution in [0.3, 0.4) is 0 Å². The van der Waals surface area contributed by atoms with E-state index >= 15 is 0 Å². The number of nitrogens with one attached hydrogen (secondary N) is 2. The summed E-state index contributed by atoms with van der Waals surface area (Å²) in [6.07, 6.45) is 3.88. The number of hydrogen-bond acceptors (Lipinski definition) is 4. The summed E-state index contributed by atoms with van der Waals surface area (Å²) in [5.41, 5.74) is 1.15. The van der Waals surface area contributed by atoms with Gasteiger partial charge in [-0.1, -0.05) is 13.3 Å². The van der Waals surface area contributed by atoms with Crippen molar-refractivity contribution < 1.29 is 0 Å². The Labute approximate surface area is 104 Å². The molecule has 0 fully saturated rings. The summed E-state index contributed by atoms with van der Waals surface area (Å²) < 4.78 is 0. The third-order valence-electron chi connectivity index (χ3n) is 2.76. The van der Waals surface area contributed by atoms with Gasteiger partial charge in [-0.3, -0.25) is 0 Å². The molecular formula is C13H24N4. The SMILES string of the molecule is CCCC(C)(C)Nc1ncnc(NCC)c1C. The summed E-state index contributed by atoms with van der Waals surface area (Å²) in [5.74, 6) is 1.84. The number of hydrogen-bond donors (Lipinski definition) is 2. The predicted molar refractivity (Wildman–Crippen MR) is 73.5 cm³/mol. The van der Waals surface area contributed by atoms with Crippen molar-refractivity contribution in [1.29, 1.82) is 0 Å². The minimum Gasteiger partial charge on any atom is -0.370 e. The minimum atomic E-state index is 0.0668. The van der Waals surface area contributed by atoms with Crippen LogP contribution in [0.2, 0.25) is 0 Å². The molecule has 0 aromatic carbocycles. The largest absolute Gasteiger partial charge is 0.370 e. The highest BCUT2D eigenvalue weighted by atomic mass is 15.1. The lowest BCUT2D eigenvalue weighted by atomic mass is 9.99. The fraction of sp³-hybridized carbons (Fsp3) is 0.692. The van der Waals surface area contributed by atoms with E-state index in [1.165, 1.54) is 0 Å². The lowest BCUT2D eigenvalue weighted by Gasteiger charge is -2.27. The van der Waals surface area contributed by atoms with Crippen LogP contribution in [0, 0.1) is 6.92 Å². The molecular weight excluding hydrogens is 212 g/mol. The smallest absolute Gasteiger partial charge is 0.134 e. The van der Waals surface area contributed by atoms with Crippen LogP contribution in [0.25, 0.3) is 0 Å². The maximum atomic E-state index is 4.33. The Kier molecular flexibility index (Phi) is 4.73. The Balaban J connectivity index is 2.87. The van der Waals surface area contributed by atoms with Crippen molar-refractivity contribution in [2.75, 3.05) is 17.2 Å². The van der Waals surface area contributed by atoms with E-state index in [0.717, 1.165) is 36.6 Å². The summed E-state index contributed by atoms with van der Waals surface area (Å²) in [4.78, 5) is 8.57. The van der Waals surface area contributed by atoms with Gasteiger partial charge in [0.25, 0.3) is 0 Å². The van der Waals surface area contributed by atoms with Crippen molar-refractivity contribution in [3.63, 3.8) is 0 Å². The van der Waals surface area contributed by atoms with Gasteiger partial charge in [0.1, 0.15) is 18.0 Å². The molecule has 0 aliphatic rings. The first-order valence-electron chi connectivity index (χ1n) is 6.33. The van der Waals surface area contributed by atoms with Crippen LogP contribution in [0.5, 0.6) is 0 Å². The first-order valence-corrected chi connectivity index (χ1v) is 6.33. The summed E-state index contributed by atoms with van der Waals surface area (Å²) >= 11 is 0. The molecule has 96 valence electrons. The highest BCUT2D eigenvalue weighted by molar-refractivity contribution is 5.57. The van der Waals surface area contributed by atoms with Gasteiger partial charge < -0.3 is 10.6 Å². The summed E-state index contributed by atoms with van der Waals surface area (Å²) in [7, 11) is 0. The molecule has 0 unspecified atom stereocenters. The van der Waals surface area contributed by atoms with E-state index in [-0.39, 0.29) is 5.54 Å². The van der Waals surface area contributed by atoms with Gasteiger partial charge in [-0.25, -0.2) is 9.97 Å². The summed E-state index contributed by atoms with van der Waals surface area (Å²) in [6.45, 7) is 11.6. The van der Waals surface area contributed by atoms with E-state index in [2.05, 4.69) is 48.3 Å². The van der Waals surface area contributed by atoms with Gasteiger partial charge in [-0.05, 0) is 34.1 Å². The quantitative estimate of drug-likeness (QED) is 0.796. The van der Waals surface area contributed by atoms with Gasteiger partial charge in [0.15, 0.2) is 0 Å². The second-order valence-electron chi connectivity index (χ2n) is 4.99. The molecule has 0 bridgehead atoms. The van der Waals surface area contributed by atoms with Gasteiger partial charge >= 0.3 is 0 Å². The molecule has 0 saturated carbocycles. The zero-order valence-corrected chi connectivity index (χ0v) is 11.6. The second kappa shape index (κ2) is 5.84. The minimum absolute atomic E-state index is 0.0668. The lowest BCUT2D eigenvalue weighted by molar-refractivity contribution is 0.508. The topological polar surface area (TPSA) is 49.8 Å². The second-order valence-corrected chi connectivity index (χ2v) is 4.99. The maximum absolute atomic E-state index is 4.33. The standard InChI is InChI=1S/C13H24N4/c1-6-8-13(4,5)17-12-10(3)11(14-7-2)15-9-16-12/h9H,6-8H2,1-5H3,(H2,14,15,16,17). The van der Waals surface area contributed by atoms with Crippen LogP contribution in [0.4, 0.5) is 11.6 Å². The number of aromatic nitrogens is 2. The molecule has 1 aromatic rings. The Bertz CT molecular complexity index is 360. The molecule has 0 aliphatic carbocycles. The van der Waals surface area contributed by atoms with Gasteiger partial charge in [0, 0.05) is 17.6 Å². The molecule has 1 heterocycles. The molecule has 2 N–H and O–H groups in total. The molecule has 0 atom stereocenters. The van der Waals surface area contributed by atoms with Crippen LogP contribution >= 0.6 is 0 Å². The van der Waals surface area contributed by atoms with Crippen LogP contribution < -0.4 is 10.6 Å². The molecule has 0 saturated heterocycles. The zero-order valence-electron chi connectivity index (χ0n) is 11.6. The zero-order chi connectivity index (χ0) is 12.9. The van der Waals surface area contributed by atoms with E-state index in [9.17, 15) is 0 Å². The van der Waals surface area contributed by atoms with Crippen molar-refractivity contribution in [2.24, 2.45) is 0 Å². The molecule has 1 aromatic heterocycles. The first kappa shape index (κ1) is 13.7. The van der Waals surface area contributed by atoms with Crippen molar-refractivity contribution in [3.05, 3.63) is 11.9 Å². The van der Waals surface area contributed by atoms with Crippen LogP contribution in [0.15, 0.2) is 6.33 Å². The number of anilines is 2. The Morgan fingerprint density at radius 2 is 1.82 bits per heavy atom. The predicted octanol–water partition coefficient (Wildman–Crippen LogP) is 3.21. The van der Waals surface area contributed by atoms with E-state index < -0.39 is 0 Å². The third kappa shape index (κ3) is 3.88. The molecule has 4 heteroatoms. The van der Waals surface area contributed by atoms with E-state index in [1.54, 1.807) is 6.33 Å². The Morgan fingerprint density at radius 1 is 1.18 bits per heavy atom. The van der Waals surface area contributed by atoms with E-state index in [4.69, 9.17) is 0 Å². The normalized spacial score (nSPS) is 11.4. The van der Waals surface area contributed by atoms with Crippen molar-refractivity contribution in [3.8, 4) is 0 Å². The van der Waals surface area contributed by atoms with E-state index in [1.807, 2.05) is 6.92 Å². The number of rotatable bonds is 6. The molecule has 0 amide bonds. The monoisotopic (exact) mass is 236 g/mol. The van der Waals surface area contributed by atoms with Crippen LogP contribution in [0.1, 0.15) is 46.1 Å². The third-order valence-corrected chi connectivity index (χ3v) is 2.76. The lowest BCUT2D eigenvalue weighted by Crippen LogP contribution is -2.31.